The van der Waals surface area contributed by atoms with Crippen LogP contribution < -0.4 is 5.32 Å². The predicted molar refractivity (Wildman–Crippen MR) is 85.0 cm³/mol. The molecule has 0 saturated carbocycles. The fourth-order valence-corrected chi connectivity index (χ4v) is 3.92. The molecule has 3 heteroatoms. The molecule has 19 heavy (non-hydrogen) atoms. The van der Waals surface area contributed by atoms with Crippen LogP contribution in [0, 0.1) is 6.92 Å². The molecule has 2 nitrogen and oxygen atoms in total. The lowest BCUT2D eigenvalue weighted by molar-refractivity contribution is 0.0943. The number of nitrogens with zero attached hydrogens (tertiary/aromatic N) is 1. The maximum absolute atomic E-state index is 3.82. The summed E-state index contributed by atoms with van der Waals surface area (Å²) in [5, 5.41) is 6.02. The van der Waals surface area contributed by atoms with Crippen molar-refractivity contribution < 1.29 is 0 Å². The van der Waals surface area contributed by atoms with Gasteiger partial charge in [-0.25, -0.2) is 0 Å². The molecule has 1 aliphatic rings. The van der Waals surface area contributed by atoms with Crippen molar-refractivity contribution in [2.45, 2.75) is 65.1 Å². The Morgan fingerprint density at radius 2 is 1.95 bits per heavy atom. The minimum atomic E-state index is 0.320. The Morgan fingerprint density at radius 1 is 1.32 bits per heavy atom. The maximum atomic E-state index is 3.82. The zero-order valence-electron chi connectivity index (χ0n) is 13.0. The van der Waals surface area contributed by atoms with Crippen LogP contribution in [-0.2, 0) is 0 Å². The highest BCUT2D eigenvalue weighted by Crippen LogP contribution is 2.26. The Balaban J connectivity index is 1.85. The minimum Gasteiger partial charge on any atom is -0.307 e. The van der Waals surface area contributed by atoms with Crippen molar-refractivity contribution in [3.05, 3.63) is 21.9 Å². The van der Waals surface area contributed by atoms with Crippen molar-refractivity contribution in [1.29, 1.82) is 0 Å². The zero-order valence-corrected chi connectivity index (χ0v) is 13.8. The van der Waals surface area contributed by atoms with E-state index in [2.05, 4.69) is 56.3 Å². The van der Waals surface area contributed by atoms with E-state index >= 15 is 0 Å². The van der Waals surface area contributed by atoms with Crippen molar-refractivity contribution >= 4 is 11.3 Å². The molecule has 1 saturated heterocycles. The molecule has 2 rings (SSSR count). The molecule has 0 spiro atoms. The first kappa shape index (κ1) is 15.0. The molecule has 0 bridgehead atoms. The van der Waals surface area contributed by atoms with Crippen LogP contribution >= 0.6 is 11.3 Å². The summed E-state index contributed by atoms with van der Waals surface area (Å²) in [4.78, 5) is 4.10. The summed E-state index contributed by atoms with van der Waals surface area (Å²) in [5.74, 6) is 0. The predicted octanol–water partition coefficient (Wildman–Crippen LogP) is 3.97. The summed E-state index contributed by atoms with van der Waals surface area (Å²) in [6.45, 7) is 13.9. The van der Waals surface area contributed by atoms with Crippen molar-refractivity contribution in [3.63, 3.8) is 0 Å². The summed E-state index contributed by atoms with van der Waals surface area (Å²) in [6, 6.07) is 3.39. The van der Waals surface area contributed by atoms with Gasteiger partial charge in [-0.05, 0) is 64.5 Å². The van der Waals surface area contributed by atoms with E-state index in [1.165, 1.54) is 36.4 Å². The van der Waals surface area contributed by atoms with Gasteiger partial charge in [0.25, 0.3) is 0 Å². The molecule has 0 aliphatic carbocycles. The van der Waals surface area contributed by atoms with Gasteiger partial charge in [-0.2, -0.15) is 0 Å². The highest BCUT2D eigenvalue weighted by molar-refractivity contribution is 7.10. The first-order chi connectivity index (χ1) is 8.88. The van der Waals surface area contributed by atoms with E-state index in [0.29, 0.717) is 17.6 Å². The SMILES string of the molecule is Cc1ccsc1C(C)NC1CCN(C(C)(C)C)CC1. The van der Waals surface area contributed by atoms with Crippen LogP contribution in [0.5, 0.6) is 0 Å². The fourth-order valence-electron chi connectivity index (χ4n) is 2.97. The van der Waals surface area contributed by atoms with Crippen LogP contribution in [0.2, 0.25) is 0 Å². The third-order valence-electron chi connectivity index (χ3n) is 4.22. The van der Waals surface area contributed by atoms with Crippen LogP contribution in [0.1, 0.15) is 57.0 Å². The third-order valence-corrected chi connectivity index (χ3v) is 5.43. The smallest absolute Gasteiger partial charge is 0.0390 e. The van der Waals surface area contributed by atoms with Crippen molar-refractivity contribution in [3.8, 4) is 0 Å². The van der Waals surface area contributed by atoms with Crippen molar-refractivity contribution in [2.75, 3.05) is 13.1 Å². The summed E-state index contributed by atoms with van der Waals surface area (Å²) < 4.78 is 0. The number of hydrogen-bond acceptors (Lipinski definition) is 3. The molecular formula is C16H28N2S. The Kier molecular flexibility index (Phi) is 4.70. The molecule has 1 aromatic heterocycles. The number of likely N-dealkylation sites (tertiary alicyclic amines) is 1. The quantitative estimate of drug-likeness (QED) is 0.901. The summed E-state index contributed by atoms with van der Waals surface area (Å²) in [7, 11) is 0. The summed E-state index contributed by atoms with van der Waals surface area (Å²) in [5.41, 5.74) is 1.75. The van der Waals surface area contributed by atoms with Gasteiger partial charge >= 0.3 is 0 Å². The van der Waals surface area contributed by atoms with E-state index in [0.717, 1.165) is 0 Å². The van der Waals surface area contributed by atoms with E-state index in [9.17, 15) is 0 Å². The monoisotopic (exact) mass is 280 g/mol. The maximum Gasteiger partial charge on any atom is 0.0390 e. The van der Waals surface area contributed by atoms with Gasteiger partial charge in [-0.1, -0.05) is 0 Å². The van der Waals surface area contributed by atoms with Gasteiger partial charge in [-0.3, -0.25) is 4.90 Å². The molecule has 0 radical (unpaired) electrons. The molecule has 2 heterocycles. The van der Waals surface area contributed by atoms with Crippen LogP contribution in [0.15, 0.2) is 11.4 Å². The highest BCUT2D eigenvalue weighted by atomic mass is 32.1. The lowest BCUT2D eigenvalue weighted by Crippen LogP contribution is -2.50. The zero-order chi connectivity index (χ0) is 14.0. The number of nitrogens with one attached hydrogen (secondary N) is 1. The average Bonchev–Trinajstić information content (AvgIpc) is 2.75. The van der Waals surface area contributed by atoms with Crippen LogP contribution in [0.25, 0.3) is 0 Å². The minimum absolute atomic E-state index is 0.320. The number of rotatable bonds is 3. The molecule has 1 fully saturated rings. The van der Waals surface area contributed by atoms with E-state index in [4.69, 9.17) is 0 Å². The molecule has 0 aromatic carbocycles. The Hall–Kier alpha value is -0.380. The fraction of sp³-hybridized carbons (Fsp3) is 0.750. The van der Waals surface area contributed by atoms with Crippen molar-refractivity contribution in [1.82, 2.24) is 10.2 Å². The van der Waals surface area contributed by atoms with Crippen LogP contribution in [0.4, 0.5) is 0 Å². The molecule has 108 valence electrons. The van der Waals surface area contributed by atoms with E-state index in [1.54, 1.807) is 0 Å². The topological polar surface area (TPSA) is 15.3 Å². The van der Waals surface area contributed by atoms with E-state index in [1.807, 2.05) is 11.3 Å². The first-order valence-electron chi connectivity index (χ1n) is 7.43. The van der Waals surface area contributed by atoms with Crippen LogP contribution in [0.3, 0.4) is 0 Å². The van der Waals surface area contributed by atoms with Crippen LogP contribution in [-0.4, -0.2) is 29.6 Å². The Bertz CT molecular complexity index is 397. The first-order valence-corrected chi connectivity index (χ1v) is 8.31. The molecule has 1 aliphatic heterocycles. The van der Waals surface area contributed by atoms with E-state index < -0.39 is 0 Å². The lowest BCUT2D eigenvalue weighted by Gasteiger charge is -2.41. The van der Waals surface area contributed by atoms with Crippen molar-refractivity contribution in [2.24, 2.45) is 0 Å². The molecule has 1 aromatic rings. The number of thiophene rings is 1. The molecule has 1 atom stereocenters. The Labute approximate surface area is 122 Å². The third kappa shape index (κ3) is 3.80. The summed E-state index contributed by atoms with van der Waals surface area (Å²) >= 11 is 1.88. The highest BCUT2D eigenvalue weighted by Gasteiger charge is 2.27. The van der Waals surface area contributed by atoms with Gasteiger partial charge in [-0.15, -0.1) is 11.3 Å². The second-order valence-corrected chi connectivity index (χ2v) is 7.74. The second-order valence-electron chi connectivity index (χ2n) is 6.79. The van der Waals surface area contributed by atoms with Gasteiger partial charge in [0.1, 0.15) is 0 Å². The Morgan fingerprint density at radius 3 is 2.42 bits per heavy atom. The summed E-state index contributed by atoms with van der Waals surface area (Å²) in [6.07, 6.45) is 2.54. The average molecular weight is 280 g/mol. The molecular weight excluding hydrogens is 252 g/mol. The van der Waals surface area contributed by atoms with Gasteiger partial charge < -0.3 is 5.32 Å². The lowest BCUT2D eigenvalue weighted by atomic mass is 9.97. The van der Waals surface area contributed by atoms with E-state index in [-0.39, 0.29) is 0 Å². The molecule has 1 N–H and O–H groups in total. The van der Waals surface area contributed by atoms with Gasteiger partial charge in [0, 0.05) is 35.6 Å². The molecule has 1 unspecified atom stereocenters. The molecule has 0 amide bonds. The largest absolute Gasteiger partial charge is 0.307 e. The second kappa shape index (κ2) is 5.94. The normalized spacial score (nSPS) is 20.7. The number of aryl methyl sites for hydroxylation is 1. The number of hydrogen-bond donors (Lipinski definition) is 1. The van der Waals surface area contributed by atoms with Gasteiger partial charge in [0.05, 0.1) is 0 Å². The number of piperidine rings is 1. The standard InChI is InChI=1S/C16H28N2S/c1-12-8-11-19-15(12)13(2)17-14-6-9-18(10-7-14)16(3,4)5/h8,11,13-14,17H,6-7,9-10H2,1-5H3. The van der Waals surface area contributed by atoms with Gasteiger partial charge in [0.2, 0.25) is 0 Å². The van der Waals surface area contributed by atoms with Gasteiger partial charge in [0.15, 0.2) is 0 Å².